The number of rotatable bonds is 6. The number of aromatic nitrogens is 2. The molecule has 2 aliphatic rings. The molecule has 1 amide bonds. The predicted octanol–water partition coefficient (Wildman–Crippen LogP) is 6.68. The van der Waals surface area contributed by atoms with Crippen molar-refractivity contribution in [3.63, 3.8) is 0 Å². The number of nitrogens with one attached hydrogen (secondary N) is 1. The highest BCUT2D eigenvalue weighted by atomic mass is 35.5. The number of hydrogen-bond acceptors (Lipinski definition) is 5. The van der Waals surface area contributed by atoms with Gasteiger partial charge in [0.1, 0.15) is 5.01 Å². The van der Waals surface area contributed by atoms with E-state index in [4.69, 9.17) is 16.6 Å². The van der Waals surface area contributed by atoms with E-state index in [0.29, 0.717) is 21.2 Å². The van der Waals surface area contributed by atoms with E-state index in [0.717, 1.165) is 72.5 Å². The van der Waals surface area contributed by atoms with Gasteiger partial charge < -0.3 is 10.2 Å². The molecule has 0 spiro atoms. The molecule has 6 nitrogen and oxygen atoms in total. The Hall–Kier alpha value is -3.26. The molecule has 1 unspecified atom stereocenters. The van der Waals surface area contributed by atoms with Crippen molar-refractivity contribution in [3.05, 3.63) is 91.7 Å². The number of carbonyl (C=O) groups is 1. The first-order valence-corrected chi connectivity index (χ1v) is 15.3. The summed E-state index contributed by atoms with van der Waals surface area (Å²) in [5.74, 6) is 0.00547. The lowest BCUT2D eigenvalue weighted by Gasteiger charge is -2.35. The molecule has 8 heteroatoms. The summed E-state index contributed by atoms with van der Waals surface area (Å²) >= 11 is 7.52. The molecule has 6 rings (SSSR count). The summed E-state index contributed by atoms with van der Waals surface area (Å²) in [5, 5.41) is 6.64. The molecular weight excluding hydrogens is 540 g/mol. The minimum absolute atomic E-state index is 0.00547. The van der Waals surface area contributed by atoms with Crippen LogP contribution < -0.4 is 10.9 Å². The molecule has 0 radical (unpaired) electrons. The van der Waals surface area contributed by atoms with Crippen LogP contribution in [0.1, 0.15) is 66.8 Å². The predicted molar refractivity (Wildman–Crippen MR) is 163 cm³/mol. The third-order valence-corrected chi connectivity index (χ3v) is 9.41. The lowest BCUT2D eigenvalue weighted by Crippen LogP contribution is -2.44. The second-order valence-electron chi connectivity index (χ2n) is 10.5. The maximum Gasteiger partial charge on any atom is 0.265 e. The van der Waals surface area contributed by atoms with E-state index in [1.807, 2.05) is 39.1 Å². The third kappa shape index (κ3) is 4.50. The van der Waals surface area contributed by atoms with Crippen LogP contribution in [-0.2, 0) is 12.8 Å². The molecule has 1 atom stereocenters. The van der Waals surface area contributed by atoms with Crippen LogP contribution in [0.5, 0.6) is 0 Å². The molecule has 206 valence electrons. The van der Waals surface area contributed by atoms with E-state index < -0.39 is 0 Å². The van der Waals surface area contributed by atoms with E-state index >= 15 is 0 Å². The van der Waals surface area contributed by atoms with Crippen LogP contribution in [0.15, 0.2) is 58.7 Å². The topological polar surface area (TPSA) is 67.2 Å². The summed E-state index contributed by atoms with van der Waals surface area (Å²) in [7, 11) is 0. The number of amides is 1. The lowest BCUT2D eigenvalue weighted by atomic mass is 10.00. The summed E-state index contributed by atoms with van der Waals surface area (Å²) in [5.41, 5.74) is 6.56. The molecule has 0 bridgehead atoms. The number of hydrogen-bond donors (Lipinski definition) is 1. The van der Waals surface area contributed by atoms with Crippen molar-refractivity contribution in [1.82, 2.24) is 19.8 Å². The minimum atomic E-state index is -0.206. The first kappa shape index (κ1) is 26.9. The molecule has 1 N–H and O–H groups in total. The zero-order valence-corrected chi connectivity index (χ0v) is 24.6. The summed E-state index contributed by atoms with van der Waals surface area (Å²) in [6, 6.07) is 15.5. The highest BCUT2D eigenvalue weighted by molar-refractivity contribution is 7.13. The number of carbonyl (C=O) groups excluding carboxylic acids is 1. The van der Waals surface area contributed by atoms with Crippen molar-refractivity contribution < 1.29 is 4.79 Å². The van der Waals surface area contributed by atoms with Gasteiger partial charge in [0.15, 0.2) is 0 Å². The van der Waals surface area contributed by atoms with Crippen molar-refractivity contribution in [1.29, 1.82) is 0 Å². The van der Waals surface area contributed by atoms with E-state index in [9.17, 15) is 9.59 Å². The van der Waals surface area contributed by atoms with Gasteiger partial charge in [-0.1, -0.05) is 55.8 Å². The molecule has 0 aliphatic carbocycles. The molecule has 2 aliphatic heterocycles. The number of thiazole rings is 1. The zero-order chi connectivity index (χ0) is 28.0. The average Bonchev–Trinajstić information content (AvgIpc) is 3.56. The van der Waals surface area contributed by atoms with Crippen LogP contribution in [0, 0.1) is 0 Å². The summed E-state index contributed by atoms with van der Waals surface area (Å²) < 4.78 is 1.86. The standard InChI is InChI=1S/C32H33ClN4O2S/c1-4-20-7-6-8-21(5-2)29(20)37-28-19(3)36(24-13-15-34-16-14-24)31(38)25(28)17-26(32(37)39)30-35-27(18-40-30)22-9-11-23(33)12-10-22/h6-12,17-19,24,34H,4-5,13-16H2,1-3H3. The Labute approximate surface area is 243 Å². The molecule has 1 saturated heterocycles. The van der Waals surface area contributed by atoms with Crippen molar-refractivity contribution in [3.8, 4) is 27.5 Å². The number of nitrogens with zero attached hydrogens (tertiary/aromatic N) is 3. The van der Waals surface area contributed by atoms with E-state index in [-0.39, 0.29) is 23.6 Å². The Balaban J connectivity index is 1.58. The summed E-state index contributed by atoms with van der Waals surface area (Å²) in [6.45, 7) is 8.08. The zero-order valence-electron chi connectivity index (χ0n) is 23.0. The number of aryl methyl sites for hydroxylation is 2. The second kappa shape index (κ2) is 11.0. The molecule has 40 heavy (non-hydrogen) atoms. The SMILES string of the molecule is CCc1cccc(CC)c1-n1c2c(cc(-c3nc(-c4ccc(Cl)cc4)cs3)c1=O)C(=O)N(C1CCNCC1)C2C. The smallest absolute Gasteiger partial charge is 0.265 e. The van der Waals surface area contributed by atoms with Crippen molar-refractivity contribution in [2.75, 3.05) is 13.1 Å². The monoisotopic (exact) mass is 572 g/mol. The Kier molecular flexibility index (Phi) is 7.38. The molecule has 0 saturated carbocycles. The highest BCUT2D eigenvalue weighted by Crippen LogP contribution is 2.40. The highest BCUT2D eigenvalue weighted by Gasteiger charge is 2.42. The summed E-state index contributed by atoms with van der Waals surface area (Å²) in [6.07, 6.45) is 3.38. The van der Waals surface area contributed by atoms with Crippen molar-refractivity contribution in [2.45, 2.75) is 58.5 Å². The fraction of sp³-hybridized carbons (Fsp3) is 0.344. The van der Waals surface area contributed by atoms with Crippen LogP contribution in [-0.4, -0.2) is 39.5 Å². The van der Waals surface area contributed by atoms with Crippen LogP contribution in [0.3, 0.4) is 0 Å². The van der Waals surface area contributed by atoms with Gasteiger partial charge >= 0.3 is 0 Å². The number of halogens is 1. The van der Waals surface area contributed by atoms with Crippen molar-refractivity contribution >= 4 is 28.8 Å². The maximum atomic E-state index is 14.6. The Bertz CT molecular complexity index is 1610. The van der Waals surface area contributed by atoms with E-state index in [1.165, 1.54) is 11.3 Å². The van der Waals surface area contributed by atoms with Gasteiger partial charge in [0.25, 0.3) is 11.5 Å². The largest absolute Gasteiger partial charge is 0.327 e. The normalized spacial score (nSPS) is 17.4. The number of pyridine rings is 1. The fourth-order valence-corrected chi connectivity index (χ4v) is 7.22. The number of benzene rings is 2. The van der Waals surface area contributed by atoms with Crippen LogP contribution >= 0.6 is 22.9 Å². The van der Waals surface area contributed by atoms with Gasteiger partial charge in [-0.05, 0) is 75.0 Å². The quantitative estimate of drug-likeness (QED) is 0.280. The molecule has 2 aromatic carbocycles. The van der Waals surface area contributed by atoms with Crippen molar-refractivity contribution in [2.24, 2.45) is 0 Å². The minimum Gasteiger partial charge on any atom is -0.327 e. The van der Waals surface area contributed by atoms with Gasteiger partial charge in [0, 0.05) is 22.0 Å². The third-order valence-electron chi connectivity index (χ3n) is 8.28. The number of fused-ring (bicyclic) bond motifs is 1. The lowest BCUT2D eigenvalue weighted by molar-refractivity contribution is 0.0598. The van der Waals surface area contributed by atoms with Gasteiger partial charge in [-0.3, -0.25) is 14.2 Å². The first-order valence-electron chi connectivity index (χ1n) is 14.1. The van der Waals surface area contributed by atoms with E-state index in [2.05, 4.69) is 44.3 Å². The maximum absolute atomic E-state index is 14.6. The fourth-order valence-electron chi connectivity index (χ4n) is 6.26. The molecular formula is C32H33ClN4O2S. The van der Waals surface area contributed by atoms with Gasteiger partial charge in [-0.25, -0.2) is 4.98 Å². The van der Waals surface area contributed by atoms with Gasteiger partial charge in [-0.15, -0.1) is 11.3 Å². The Morgan fingerprint density at radius 3 is 2.33 bits per heavy atom. The Morgan fingerprint density at radius 1 is 1.00 bits per heavy atom. The first-order chi connectivity index (χ1) is 19.4. The van der Waals surface area contributed by atoms with Gasteiger partial charge in [0.2, 0.25) is 0 Å². The number of para-hydroxylation sites is 1. The van der Waals surface area contributed by atoms with Crippen LogP contribution in [0.4, 0.5) is 0 Å². The summed E-state index contributed by atoms with van der Waals surface area (Å²) in [4.78, 5) is 35.6. The van der Waals surface area contributed by atoms with Gasteiger partial charge in [-0.2, -0.15) is 0 Å². The molecule has 2 aromatic heterocycles. The van der Waals surface area contributed by atoms with Gasteiger partial charge in [0.05, 0.1) is 34.2 Å². The molecule has 1 fully saturated rings. The average molecular weight is 573 g/mol. The molecule has 4 heterocycles. The number of piperidine rings is 1. The Morgan fingerprint density at radius 2 is 1.68 bits per heavy atom. The van der Waals surface area contributed by atoms with Crippen LogP contribution in [0.25, 0.3) is 27.5 Å². The molecule has 4 aromatic rings. The second-order valence-corrected chi connectivity index (χ2v) is 11.8. The van der Waals surface area contributed by atoms with E-state index in [1.54, 1.807) is 6.07 Å². The van der Waals surface area contributed by atoms with Crippen LogP contribution in [0.2, 0.25) is 5.02 Å².